The lowest BCUT2D eigenvalue weighted by atomic mass is 10.2. The third-order valence-electron chi connectivity index (χ3n) is 3.94. The second kappa shape index (κ2) is 7.67. The molecule has 0 saturated heterocycles. The molecule has 8 heteroatoms. The fraction of sp³-hybridized carbons (Fsp3) is 0.211. The number of aryl methyl sites for hydroxylation is 1. The first-order valence-electron chi connectivity index (χ1n) is 8.26. The van der Waals surface area contributed by atoms with E-state index in [1.807, 2.05) is 6.92 Å². The molecule has 0 aliphatic heterocycles. The Morgan fingerprint density at radius 2 is 2.07 bits per heavy atom. The van der Waals surface area contributed by atoms with Gasteiger partial charge in [0.25, 0.3) is 5.91 Å². The number of anilines is 1. The van der Waals surface area contributed by atoms with Crippen LogP contribution in [-0.2, 0) is 4.74 Å². The Balaban J connectivity index is 1.99. The number of imidazole rings is 1. The molecule has 140 valence electrons. The molecule has 0 unspecified atom stereocenters. The predicted molar refractivity (Wildman–Crippen MR) is 102 cm³/mol. The first kappa shape index (κ1) is 18.7. The molecule has 0 spiro atoms. The molecule has 0 aliphatic carbocycles. The molecule has 7 nitrogen and oxygen atoms in total. The van der Waals surface area contributed by atoms with Crippen molar-refractivity contribution in [1.29, 1.82) is 0 Å². The van der Waals surface area contributed by atoms with Crippen molar-refractivity contribution in [1.82, 2.24) is 9.38 Å². The third-order valence-corrected chi connectivity index (χ3v) is 4.27. The highest BCUT2D eigenvalue weighted by atomic mass is 35.5. The number of hydrogen-bond acceptors (Lipinski definition) is 5. The lowest BCUT2D eigenvalue weighted by Crippen LogP contribution is -2.16. The van der Waals surface area contributed by atoms with Crippen molar-refractivity contribution < 1.29 is 19.1 Å². The van der Waals surface area contributed by atoms with Crippen LogP contribution in [0.3, 0.4) is 0 Å². The van der Waals surface area contributed by atoms with Crippen LogP contribution in [0.25, 0.3) is 5.65 Å². The number of pyridine rings is 1. The molecule has 0 saturated carbocycles. The lowest BCUT2D eigenvalue weighted by molar-refractivity contribution is 0.0600. The van der Waals surface area contributed by atoms with Gasteiger partial charge in [0.1, 0.15) is 5.69 Å². The van der Waals surface area contributed by atoms with Crippen molar-refractivity contribution in [2.45, 2.75) is 13.8 Å². The smallest absolute Gasteiger partial charge is 0.337 e. The van der Waals surface area contributed by atoms with Crippen LogP contribution in [0.2, 0.25) is 5.02 Å². The second-order valence-electron chi connectivity index (χ2n) is 5.69. The molecule has 2 heterocycles. The number of esters is 1. The first-order valence-corrected chi connectivity index (χ1v) is 8.63. The minimum atomic E-state index is -0.519. The Kier molecular flexibility index (Phi) is 5.32. The monoisotopic (exact) mass is 387 g/mol. The van der Waals surface area contributed by atoms with E-state index in [0.717, 1.165) is 0 Å². The Bertz CT molecular complexity index is 1030. The summed E-state index contributed by atoms with van der Waals surface area (Å²) in [4.78, 5) is 29.1. The summed E-state index contributed by atoms with van der Waals surface area (Å²) in [5.41, 5.74) is 2.04. The van der Waals surface area contributed by atoms with E-state index in [2.05, 4.69) is 10.3 Å². The van der Waals surface area contributed by atoms with Gasteiger partial charge in [0, 0.05) is 6.20 Å². The zero-order valence-corrected chi connectivity index (χ0v) is 15.8. The molecule has 1 N–H and O–H groups in total. The van der Waals surface area contributed by atoms with Gasteiger partial charge < -0.3 is 14.8 Å². The molecule has 0 bridgehead atoms. The summed E-state index contributed by atoms with van der Waals surface area (Å²) in [5, 5.41) is 3.04. The molecule has 1 amide bonds. The molecule has 0 radical (unpaired) electrons. The number of amides is 1. The number of carbonyl (C=O) groups is 2. The highest BCUT2D eigenvalue weighted by Gasteiger charge is 2.20. The number of carbonyl (C=O) groups excluding carboxylic acids is 2. The fourth-order valence-electron chi connectivity index (χ4n) is 2.75. The van der Waals surface area contributed by atoms with E-state index in [1.165, 1.54) is 25.3 Å². The normalized spacial score (nSPS) is 10.7. The van der Waals surface area contributed by atoms with Gasteiger partial charge in [0.05, 0.1) is 35.7 Å². The number of nitrogens with zero attached hydrogens (tertiary/aromatic N) is 2. The molecule has 3 rings (SSSR count). The fourth-order valence-corrected chi connectivity index (χ4v) is 2.91. The van der Waals surface area contributed by atoms with E-state index < -0.39 is 11.9 Å². The van der Waals surface area contributed by atoms with Crippen LogP contribution >= 0.6 is 11.6 Å². The third kappa shape index (κ3) is 3.59. The van der Waals surface area contributed by atoms with Crippen LogP contribution in [0, 0.1) is 6.92 Å². The number of benzene rings is 1. The minimum absolute atomic E-state index is 0.283. The standard InChI is InChI=1S/C19H18ClN3O4/c1-4-27-15-6-5-9-23-16(11(2)21-17(15)23)18(24)22-14-10-12(19(25)26-3)7-8-13(14)20/h5-10H,4H2,1-3H3,(H,22,24). The Hall–Kier alpha value is -3.06. The lowest BCUT2D eigenvalue weighted by Gasteiger charge is -2.10. The molecule has 1 aromatic carbocycles. The number of fused-ring (bicyclic) bond motifs is 1. The van der Waals surface area contributed by atoms with Crippen molar-refractivity contribution in [2.75, 3.05) is 19.0 Å². The number of halogens is 1. The van der Waals surface area contributed by atoms with Gasteiger partial charge in [-0.05, 0) is 44.2 Å². The SMILES string of the molecule is CCOc1cccn2c(C(=O)Nc3cc(C(=O)OC)ccc3Cl)c(C)nc12. The Morgan fingerprint density at radius 3 is 2.78 bits per heavy atom. The molecule has 2 aromatic heterocycles. The minimum Gasteiger partial charge on any atom is -0.490 e. The summed E-state index contributed by atoms with van der Waals surface area (Å²) in [7, 11) is 1.28. The van der Waals surface area contributed by atoms with Gasteiger partial charge in [-0.2, -0.15) is 0 Å². The quantitative estimate of drug-likeness (QED) is 0.674. The highest BCUT2D eigenvalue weighted by Crippen LogP contribution is 2.26. The summed E-state index contributed by atoms with van der Waals surface area (Å²) < 4.78 is 11.9. The van der Waals surface area contributed by atoms with Crippen LogP contribution in [0.1, 0.15) is 33.5 Å². The van der Waals surface area contributed by atoms with E-state index >= 15 is 0 Å². The van der Waals surface area contributed by atoms with Crippen molar-refractivity contribution in [3.8, 4) is 5.75 Å². The number of methoxy groups -OCH3 is 1. The van der Waals surface area contributed by atoms with Gasteiger partial charge >= 0.3 is 5.97 Å². The largest absolute Gasteiger partial charge is 0.490 e. The maximum Gasteiger partial charge on any atom is 0.337 e. The average molecular weight is 388 g/mol. The van der Waals surface area contributed by atoms with E-state index in [1.54, 1.807) is 29.7 Å². The number of rotatable bonds is 5. The Morgan fingerprint density at radius 1 is 1.30 bits per heavy atom. The number of hydrogen-bond donors (Lipinski definition) is 1. The van der Waals surface area contributed by atoms with Crippen LogP contribution in [0.4, 0.5) is 5.69 Å². The van der Waals surface area contributed by atoms with Crippen LogP contribution in [0.15, 0.2) is 36.5 Å². The van der Waals surface area contributed by atoms with Crippen LogP contribution < -0.4 is 10.1 Å². The zero-order chi connectivity index (χ0) is 19.6. The van der Waals surface area contributed by atoms with Crippen molar-refractivity contribution >= 4 is 34.8 Å². The Labute approximate surface area is 160 Å². The first-order chi connectivity index (χ1) is 13.0. The van der Waals surface area contributed by atoms with E-state index in [-0.39, 0.29) is 5.56 Å². The summed E-state index contributed by atoms with van der Waals surface area (Å²) >= 11 is 6.16. The van der Waals surface area contributed by atoms with Gasteiger partial charge in [-0.25, -0.2) is 9.78 Å². The second-order valence-corrected chi connectivity index (χ2v) is 6.09. The van der Waals surface area contributed by atoms with E-state index in [4.69, 9.17) is 21.1 Å². The number of aromatic nitrogens is 2. The van der Waals surface area contributed by atoms with Gasteiger partial charge in [0.2, 0.25) is 0 Å². The van der Waals surface area contributed by atoms with Crippen molar-refractivity contribution in [3.63, 3.8) is 0 Å². The summed E-state index contributed by atoms with van der Waals surface area (Å²) in [5.74, 6) is -0.333. The molecule has 0 fully saturated rings. The molecule has 0 atom stereocenters. The maximum atomic E-state index is 12.9. The summed E-state index contributed by atoms with van der Waals surface area (Å²) in [6.07, 6.45) is 1.74. The van der Waals surface area contributed by atoms with E-state index in [9.17, 15) is 9.59 Å². The van der Waals surface area contributed by atoms with Gasteiger partial charge in [-0.3, -0.25) is 9.20 Å². The molecule has 3 aromatic rings. The highest BCUT2D eigenvalue weighted by molar-refractivity contribution is 6.34. The van der Waals surface area contributed by atoms with Gasteiger partial charge in [-0.1, -0.05) is 11.6 Å². The number of nitrogens with one attached hydrogen (secondary N) is 1. The van der Waals surface area contributed by atoms with E-state index in [0.29, 0.717) is 40.1 Å². The van der Waals surface area contributed by atoms with Crippen LogP contribution in [-0.4, -0.2) is 35.0 Å². The summed E-state index contributed by atoms with van der Waals surface area (Å²) in [6.45, 7) is 4.11. The molecule has 0 aliphatic rings. The molecular formula is C19H18ClN3O4. The molecule has 27 heavy (non-hydrogen) atoms. The van der Waals surface area contributed by atoms with Crippen molar-refractivity contribution in [3.05, 3.63) is 58.5 Å². The maximum absolute atomic E-state index is 12.9. The number of ether oxygens (including phenoxy) is 2. The van der Waals surface area contributed by atoms with Gasteiger partial charge in [-0.15, -0.1) is 0 Å². The van der Waals surface area contributed by atoms with Crippen LogP contribution in [0.5, 0.6) is 5.75 Å². The predicted octanol–water partition coefficient (Wildman–Crippen LogP) is 3.73. The molecular weight excluding hydrogens is 370 g/mol. The average Bonchev–Trinajstić information content (AvgIpc) is 3.00. The van der Waals surface area contributed by atoms with Gasteiger partial charge in [0.15, 0.2) is 11.4 Å². The topological polar surface area (TPSA) is 81.9 Å². The summed E-state index contributed by atoms with van der Waals surface area (Å²) in [6, 6.07) is 8.09. The zero-order valence-electron chi connectivity index (χ0n) is 15.1. The van der Waals surface area contributed by atoms with Crippen molar-refractivity contribution in [2.24, 2.45) is 0 Å².